The Balaban J connectivity index is 1.60. The Morgan fingerprint density at radius 2 is 1.72 bits per heavy atom. The number of hydrogen-bond acceptors (Lipinski definition) is 6. The number of carbonyl (C=O) groups excluding carboxylic acids is 2. The fourth-order valence-corrected chi connectivity index (χ4v) is 3.72. The smallest absolute Gasteiger partial charge is 0.232 e. The van der Waals surface area contributed by atoms with Crippen molar-refractivity contribution >= 4 is 39.6 Å². The van der Waals surface area contributed by atoms with Crippen molar-refractivity contribution in [2.75, 3.05) is 5.32 Å². The van der Waals surface area contributed by atoms with Gasteiger partial charge in [-0.15, -0.1) is 22.7 Å². The van der Waals surface area contributed by atoms with Gasteiger partial charge in [-0.3, -0.25) is 9.59 Å². The van der Waals surface area contributed by atoms with Gasteiger partial charge in [0.05, 0.1) is 24.2 Å². The minimum atomic E-state index is -0.450. The summed E-state index contributed by atoms with van der Waals surface area (Å²) in [5.74, 6) is -0.644. The van der Waals surface area contributed by atoms with Gasteiger partial charge in [0, 0.05) is 16.3 Å². The predicted molar refractivity (Wildman–Crippen MR) is 99.6 cm³/mol. The summed E-state index contributed by atoms with van der Waals surface area (Å²) in [5, 5.41) is 7.66. The second-order valence-corrected chi connectivity index (χ2v) is 7.24. The molecule has 2 aromatic heterocycles. The van der Waals surface area contributed by atoms with Crippen molar-refractivity contribution in [3.8, 4) is 10.6 Å². The van der Waals surface area contributed by atoms with Crippen LogP contribution in [0.3, 0.4) is 0 Å². The number of hydrogen-bond donors (Lipinski definition) is 2. The molecule has 0 unspecified atom stereocenters. The highest BCUT2D eigenvalue weighted by Crippen LogP contribution is 2.24. The lowest BCUT2D eigenvalue weighted by Crippen LogP contribution is -2.15. The molecule has 3 rings (SSSR count). The van der Waals surface area contributed by atoms with Crippen LogP contribution in [-0.2, 0) is 22.4 Å². The fraction of sp³-hybridized carbons (Fsp3) is 0.176. The van der Waals surface area contributed by atoms with Gasteiger partial charge in [0.1, 0.15) is 5.01 Å². The molecule has 2 amide bonds. The number of nitrogens with two attached hydrogens (primary N) is 1. The molecule has 25 heavy (non-hydrogen) atoms. The maximum absolute atomic E-state index is 12.1. The Kier molecular flexibility index (Phi) is 5.20. The van der Waals surface area contributed by atoms with Gasteiger partial charge in [0.25, 0.3) is 0 Å². The fourth-order valence-electron chi connectivity index (χ4n) is 2.17. The van der Waals surface area contributed by atoms with E-state index in [1.165, 1.54) is 28.2 Å². The average Bonchev–Trinajstić information content (AvgIpc) is 3.17. The molecule has 8 heteroatoms. The van der Waals surface area contributed by atoms with Gasteiger partial charge in [-0.1, -0.05) is 29.8 Å². The van der Waals surface area contributed by atoms with E-state index in [2.05, 4.69) is 15.3 Å². The van der Waals surface area contributed by atoms with Crippen LogP contribution in [0.4, 0.5) is 5.13 Å². The number of anilines is 1. The number of thiazole rings is 2. The van der Waals surface area contributed by atoms with E-state index in [0.29, 0.717) is 16.5 Å². The summed E-state index contributed by atoms with van der Waals surface area (Å²) in [4.78, 5) is 31.7. The molecule has 6 nitrogen and oxygen atoms in total. The first kappa shape index (κ1) is 17.2. The van der Waals surface area contributed by atoms with E-state index >= 15 is 0 Å². The third kappa shape index (κ3) is 4.71. The van der Waals surface area contributed by atoms with Crippen molar-refractivity contribution in [1.29, 1.82) is 0 Å². The standard InChI is InChI=1S/C17H16N4O2S2/c1-10-2-4-11(5-3-10)16-19-13(8-24-16)7-15(23)21-17-20-12(9-25-17)6-14(18)22/h2-5,8-9H,6-7H2,1H3,(H2,18,22)(H,20,21,23). The highest BCUT2D eigenvalue weighted by Gasteiger charge is 2.12. The van der Waals surface area contributed by atoms with Crippen molar-refractivity contribution in [3.05, 3.63) is 52.0 Å². The number of aryl methyl sites for hydroxylation is 1. The summed E-state index contributed by atoms with van der Waals surface area (Å²) < 4.78 is 0. The number of primary amides is 1. The van der Waals surface area contributed by atoms with Crippen LogP contribution in [0.1, 0.15) is 17.0 Å². The molecule has 0 aliphatic rings. The maximum atomic E-state index is 12.1. The van der Waals surface area contributed by atoms with E-state index in [4.69, 9.17) is 5.73 Å². The number of carbonyl (C=O) groups is 2. The first-order valence-electron chi connectivity index (χ1n) is 7.53. The third-order valence-corrected chi connectivity index (χ3v) is 5.09. The normalized spacial score (nSPS) is 10.6. The predicted octanol–water partition coefficient (Wildman–Crippen LogP) is 2.78. The summed E-state index contributed by atoms with van der Waals surface area (Å²) in [6.45, 7) is 2.04. The largest absolute Gasteiger partial charge is 0.369 e. The van der Waals surface area contributed by atoms with E-state index in [1.807, 2.05) is 36.6 Å². The lowest BCUT2D eigenvalue weighted by molar-refractivity contribution is -0.117. The molecule has 0 radical (unpaired) electrons. The van der Waals surface area contributed by atoms with Gasteiger partial charge in [0.2, 0.25) is 11.8 Å². The van der Waals surface area contributed by atoms with Crippen LogP contribution < -0.4 is 11.1 Å². The molecule has 0 spiro atoms. The third-order valence-electron chi connectivity index (χ3n) is 3.35. The summed E-state index contributed by atoms with van der Waals surface area (Å²) in [5.41, 5.74) is 8.63. The van der Waals surface area contributed by atoms with E-state index < -0.39 is 5.91 Å². The quantitative estimate of drug-likeness (QED) is 0.695. The minimum absolute atomic E-state index is 0.0678. The number of amides is 2. The van der Waals surface area contributed by atoms with E-state index in [9.17, 15) is 9.59 Å². The molecule has 0 aliphatic carbocycles. The molecule has 0 bridgehead atoms. The van der Waals surface area contributed by atoms with Crippen LogP contribution in [0.25, 0.3) is 10.6 Å². The second-order valence-electron chi connectivity index (χ2n) is 5.52. The van der Waals surface area contributed by atoms with Crippen LogP contribution >= 0.6 is 22.7 Å². The monoisotopic (exact) mass is 372 g/mol. The van der Waals surface area contributed by atoms with Crippen LogP contribution in [0.15, 0.2) is 35.0 Å². The molecule has 0 saturated heterocycles. The van der Waals surface area contributed by atoms with Crippen molar-refractivity contribution in [2.45, 2.75) is 19.8 Å². The summed E-state index contributed by atoms with van der Waals surface area (Å²) in [7, 11) is 0. The zero-order valence-electron chi connectivity index (χ0n) is 13.5. The van der Waals surface area contributed by atoms with Gasteiger partial charge in [0.15, 0.2) is 5.13 Å². The second kappa shape index (κ2) is 7.54. The first-order valence-corrected chi connectivity index (χ1v) is 9.29. The van der Waals surface area contributed by atoms with Gasteiger partial charge in [-0.25, -0.2) is 9.97 Å². The Morgan fingerprint density at radius 1 is 1.04 bits per heavy atom. The van der Waals surface area contributed by atoms with Crippen LogP contribution in [0.2, 0.25) is 0 Å². The first-order chi connectivity index (χ1) is 12.0. The highest BCUT2D eigenvalue weighted by molar-refractivity contribution is 7.14. The molecule has 0 aliphatic heterocycles. The van der Waals surface area contributed by atoms with Crippen molar-refractivity contribution in [2.24, 2.45) is 5.73 Å². The average molecular weight is 372 g/mol. The van der Waals surface area contributed by atoms with Crippen LogP contribution in [0.5, 0.6) is 0 Å². The molecule has 0 fully saturated rings. The highest BCUT2D eigenvalue weighted by atomic mass is 32.1. The number of rotatable bonds is 6. The van der Waals surface area contributed by atoms with E-state index in [1.54, 1.807) is 5.38 Å². The van der Waals surface area contributed by atoms with Gasteiger partial charge in [-0.2, -0.15) is 0 Å². The van der Waals surface area contributed by atoms with Gasteiger partial charge < -0.3 is 11.1 Å². The molecule has 128 valence electrons. The minimum Gasteiger partial charge on any atom is -0.369 e. The summed E-state index contributed by atoms with van der Waals surface area (Å²) in [6.07, 6.45) is 0.242. The number of nitrogens with zero attached hydrogens (tertiary/aromatic N) is 2. The Hall–Kier alpha value is -2.58. The summed E-state index contributed by atoms with van der Waals surface area (Å²) in [6, 6.07) is 8.12. The number of nitrogens with one attached hydrogen (secondary N) is 1. The zero-order chi connectivity index (χ0) is 17.8. The molecular weight excluding hydrogens is 356 g/mol. The van der Waals surface area contributed by atoms with Crippen molar-refractivity contribution < 1.29 is 9.59 Å². The molecule has 2 heterocycles. The molecule has 0 atom stereocenters. The Labute approximate surface area is 152 Å². The van der Waals surface area contributed by atoms with E-state index in [-0.39, 0.29) is 18.7 Å². The topological polar surface area (TPSA) is 98.0 Å². The van der Waals surface area contributed by atoms with E-state index in [0.717, 1.165) is 10.6 Å². The van der Waals surface area contributed by atoms with Gasteiger partial charge in [-0.05, 0) is 6.92 Å². The maximum Gasteiger partial charge on any atom is 0.232 e. The van der Waals surface area contributed by atoms with Gasteiger partial charge >= 0.3 is 0 Å². The van der Waals surface area contributed by atoms with Crippen molar-refractivity contribution in [3.63, 3.8) is 0 Å². The molecule has 3 aromatic rings. The lowest BCUT2D eigenvalue weighted by Gasteiger charge is -1.99. The molecule has 3 N–H and O–H groups in total. The van der Waals surface area contributed by atoms with Crippen LogP contribution in [-0.4, -0.2) is 21.8 Å². The Morgan fingerprint density at radius 3 is 2.44 bits per heavy atom. The lowest BCUT2D eigenvalue weighted by atomic mass is 10.2. The SMILES string of the molecule is Cc1ccc(-c2nc(CC(=O)Nc3nc(CC(N)=O)cs3)cs2)cc1. The molecule has 0 saturated carbocycles. The molecular formula is C17H16N4O2S2. The summed E-state index contributed by atoms with van der Waals surface area (Å²) >= 11 is 2.78. The number of aromatic nitrogens is 2. The molecule has 1 aromatic carbocycles. The number of benzene rings is 1. The van der Waals surface area contributed by atoms with Crippen molar-refractivity contribution in [1.82, 2.24) is 9.97 Å². The Bertz CT molecular complexity index is 900. The zero-order valence-corrected chi connectivity index (χ0v) is 15.1. The van der Waals surface area contributed by atoms with Crippen LogP contribution in [0, 0.1) is 6.92 Å².